The quantitative estimate of drug-likeness (QED) is 0.381. The normalized spacial score (nSPS) is 13.7. The van der Waals surface area contributed by atoms with E-state index in [1.54, 1.807) is 23.0 Å². The smallest absolute Gasteiger partial charge is 0.290 e. The number of rotatable bonds is 6. The van der Waals surface area contributed by atoms with Crippen molar-refractivity contribution in [1.29, 1.82) is 0 Å². The highest BCUT2D eigenvalue weighted by atomic mass is 35.5. The number of aryl methyl sites for hydroxylation is 1. The van der Waals surface area contributed by atoms with Gasteiger partial charge >= 0.3 is 0 Å². The van der Waals surface area contributed by atoms with Gasteiger partial charge in [0, 0.05) is 6.26 Å². The van der Waals surface area contributed by atoms with Crippen molar-refractivity contribution in [3.63, 3.8) is 0 Å². The zero-order valence-electron chi connectivity index (χ0n) is 17.3. The highest BCUT2D eigenvalue weighted by Crippen LogP contribution is 2.22. The molecule has 32 heavy (non-hydrogen) atoms. The second-order valence-electron chi connectivity index (χ2n) is 7.44. The molecular formula is C21H20ClN5O3S2. The maximum Gasteiger partial charge on any atom is 0.290 e. The third-order valence-corrected chi connectivity index (χ3v) is 8.58. The average molecular weight is 490 g/mol. The predicted molar refractivity (Wildman–Crippen MR) is 124 cm³/mol. The summed E-state index contributed by atoms with van der Waals surface area (Å²) in [5.74, 6) is -0.237. The van der Waals surface area contributed by atoms with Crippen LogP contribution in [0.4, 0.5) is 0 Å². The van der Waals surface area contributed by atoms with Gasteiger partial charge in [-0.25, -0.2) is 14.2 Å². The van der Waals surface area contributed by atoms with E-state index < -0.39 is 19.8 Å². The van der Waals surface area contributed by atoms with Gasteiger partial charge in [0.05, 0.1) is 38.9 Å². The molecule has 4 rings (SSSR count). The first-order chi connectivity index (χ1) is 15.1. The van der Waals surface area contributed by atoms with Gasteiger partial charge in [-0.3, -0.25) is 0 Å². The van der Waals surface area contributed by atoms with Crippen molar-refractivity contribution >= 4 is 42.5 Å². The number of hydrogen-bond donors (Lipinski definition) is 0. The van der Waals surface area contributed by atoms with Crippen molar-refractivity contribution in [2.45, 2.75) is 24.1 Å². The van der Waals surface area contributed by atoms with Gasteiger partial charge in [0.25, 0.3) is 10.0 Å². The molecule has 166 valence electrons. The van der Waals surface area contributed by atoms with Gasteiger partial charge in [-0.05, 0) is 36.2 Å². The highest BCUT2D eigenvalue weighted by Gasteiger charge is 2.20. The van der Waals surface area contributed by atoms with Crippen LogP contribution in [0.15, 0.2) is 69.6 Å². The minimum absolute atomic E-state index is 0.0179. The molecule has 0 aliphatic carbocycles. The number of hydrogen-bond acceptors (Lipinski definition) is 6. The minimum atomic E-state index is -4.11. The van der Waals surface area contributed by atoms with Crippen LogP contribution in [0.25, 0.3) is 11.2 Å². The van der Waals surface area contributed by atoms with Gasteiger partial charge in [0.15, 0.2) is 5.65 Å². The summed E-state index contributed by atoms with van der Waals surface area (Å²) in [4.78, 5) is 12.8. The summed E-state index contributed by atoms with van der Waals surface area (Å²) in [5, 5.41) is -0.0427. The van der Waals surface area contributed by atoms with Crippen molar-refractivity contribution < 1.29 is 12.6 Å². The summed E-state index contributed by atoms with van der Waals surface area (Å²) in [6.07, 6.45) is 2.88. The van der Waals surface area contributed by atoms with Gasteiger partial charge in [0.1, 0.15) is 5.52 Å². The van der Waals surface area contributed by atoms with Crippen LogP contribution in [0.1, 0.15) is 16.8 Å². The van der Waals surface area contributed by atoms with Crippen LogP contribution in [0.3, 0.4) is 0 Å². The van der Waals surface area contributed by atoms with E-state index in [-0.39, 0.29) is 21.6 Å². The zero-order chi connectivity index (χ0) is 22.9. The summed E-state index contributed by atoms with van der Waals surface area (Å²) in [7, 11) is -7.33. The lowest BCUT2D eigenvalue weighted by Gasteiger charge is -2.07. The van der Waals surface area contributed by atoms with E-state index in [1.165, 1.54) is 18.4 Å². The molecule has 0 aliphatic heterocycles. The molecule has 2 heterocycles. The average Bonchev–Trinajstić information content (AvgIpc) is 3.10. The second kappa shape index (κ2) is 8.61. The van der Waals surface area contributed by atoms with Crippen LogP contribution in [-0.2, 0) is 32.0 Å². The fourth-order valence-electron chi connectivity index (χ4n) is 3.21. The third kappa shape index (κ3) is 4.98. The molecule has 0 saturated carbocycles. The topological polar surface area (TPSA) is 107 Å². The fourth-order valence-corrected chi connectivity index (χ4v) is 6.80. The Morgan fingerprint density at radius 1 is 1.00 bits per heavy atom. The van der Waals surface area contributed by atoms with E-state index in [0.717, 1.165) is 11.1 Å². The maximum atomic E-state index is 13.2. The molecule has 11 heteroatoms. The molecule has 1 atom stereocenters. The molecule has 0 bridgehead atoms. The summed E-state index contributed by atoms with van der Waals surface area (Å²) in [5.41, 5.74) is 3.11. The summed E-state index contributed by atoms with van der Waals surface area (Å²) in [6.45, 7) is 2.36. The summed E-state index contributed by atoms with van der Waals surface area (Å²) >= 11 is 6.12. The van der Waals surface area contributed by atoms with E-state index in [1.807, 2.05) is 37.3 Å². The number of nitrogens with zero attached hydrogens (tertiary/aromatic N) is 5. The van der Waals surface area contributed by atoms with Crippen molar-refractivity contribution in [3.8, 4) is 0 Å². The molecule has 2 aromatic carbocycles. The van der Waals surface area contributed by atoms with E-state index >= 15 is 0 Å². The Hall–Kier alpha value is -2.82. The summed E-state index contributed by atoms with van der Waals surface area (Å²) < 4.78 is 44.0. The zero-order valence-corrected chi connectivity index (χ0v) is 19.7. The molecular weight excluding hydrogens is 470 g/mol. The third-order valence-electron chi connectivity index (χ3n) is 4.68. The Balaban J connectivity index is 1.71. The first-order valence-electron chi connectivity index (χ1n) is 9.57. The number of benzene rings is 2. The van der Waals surface area contributed by atoms with Crippen LogP contribution in [0, 0.1) is 6.92 Å². The lowest BCUT2D eigenvalue weighted by Crippen LogP contribution is -2.09. The Bertz CT molecular complexity index is 1510. The fraction of sp³-hybridized carbons (Fsp3) is 0.190. The Kier molecular flexibility index (Phi) is 6.02. The Morgan fingerprint density at radius 3 is 2.38 bits per heavy atom. The molecule has 4 aromatic rings. The lowest BCUT2D eigenvalue weighted by atomic mass is 10.2. The van der Waals surface area contributed by atoms with Crippen LogP contribution >= 0.6 is 11.6 Å². The molecule has 0 saturated heterocycles. The molecule has 8 nitrogen and oxygen atoms in total. The summed E-state index contributed by atoms with van der Waals surface area (Å²) in [6, 6.07) is 15.9. The van der Waals surface area contributed by atoms with Crippen molar-refractivity contribution in [2.75, 3.05) is 6.26 Å². The molecule has 0 N–H and O–H groups in total. The van der Waals surface area contributed by atoms with E-state index in [2.05, 4.69) is 18.7 Å². The molecule has 0 amide bonds. The number of aromatic nitrogens is 4. The number of fused-ring (bicyclic) bond motifs is 1. The molecule has 0 aliphatic rings. The number of halogens is 1. The molecule has 0 fully saturated rings. The molecule has 0 spiro atoms. The van der Waals surface area contributed by atoms with Crippen molar-refractivity contribution in [3.05, 3.63) is 83.0 Å². The van der Waals surface area contributed by atoms with E-state index in [4.69, 9.17) is 11.6 Å². The maximum absolute atomic E-state index is 13.2. The standard InChI is InChI=1S/C21H20ClN5O3S2/c1-15-8-10-17(11-9-15)32(29,30)26-31(2,28)13-18-19-20(25-21(22)24-18)27(14-23-19)12-16-6-4-3-5-7-16/h3-11,14H,12-13H2,1-2H3. The predicted octanol–water partition coefficient (Wildman–Crippen LogP) is 3.82. The molecule has 1 unspecified atom stereocenters. The van der Waals surface area contributed by atoms with Gasteiger partial charge in [0.2, 0.25) is 5.28 Å². The van der Waals surface area contributed by atoms with Gasteiger partial charge in [-0.1, -0.05) is 48.0 Å². The SMILES string of the molecule is Cc1ccc(S(=O)(=O)N=S(C)(=O)Cc2nc(Cl)nc3c2ncn3Cc2ccccc2)cc1. The Labute approximate surface area is 191 Å². The monoisotopic (exact) mass is 489 g/mol. The number of sulfonamides is 1. The first kappa shape index (κ1) is 22.4. The van der Waals surface area contributed by atoms with Crippen LogP contribution in [0.5, 0.6) is 0 Å². The van der Waals surface area contributed by atoms with Gasteiger partial charge in [-0.15, -0.1) is 3.77 Å². The van der Waals surface area contributed by atoms with E-state index in [9.17, 15) is 12.6 Å². The van der Waals surface area contributed by atoms with Crippen molar-refractivity contribution in [2.24, 2.45) is 3.77 Å². The largest absolute Gasteiger partial charge is 0.311 e. The highest BCUT2D eigenvalue weighted by molar-refractivity contribution is 8.02. The minimum Gasteiger partial charge on any atom is -0.311 e. The van der Waals surface area contributed by atoms with Gasteiger partial charge in [-0.2, -0.15) is 13.4 Å². The van der Waals surface area contributed by atoms with Gasteiger partial charge < -0.3 is 4.57 Å². The number of imidazole rings is 1. The van der Waals surface area contributed by atoms with Crippen LogP contribution in [0.2, 0.25) is 5.28 Å². The second-order valence-corrected chi connectivity index (χ2v) is 12.0. The van der Waals surface area contributed by atoms with E-state index in [0.29, 0.717) is 17.7 Å². The molecule has 0 radical (unpaired) electrons. The van der Waals surface area contributed by atoms with Crippen molar-refractivity contribution in [1.82, 2.24) is 19.5 Å². The lowest BCUT2D eigenvalue weighted by molar-refractivity contribution is 0.598. The molecule has 2 aromatic heterocycles. The van der Waals surface area contributed by atoms with Crippen LogP contribution < -0.4 is 0 Å². The Morgan fingerprint density at radius 2 is 1.69 bits per heavy atom. The van der Waals surface area contributed by atoms with Crippen LogP contribution in [-0.4, -0.2) is 38.4 Å². The first-order valence-corrected chi connectivity index (χ1v) is 13.5.